The van der Waals surface area contributed by atoms with Crippen LogP contribution >= 0.6 is 24.4 Å². The van der Waals surface area contributed by atoms with Gasteiger partial charge in [0.05, 0.1) is 0 Å². The molecular formula is C12H24O2S2. The number of carboxylic acid groups (broad SMARTS) is 1. The number of carboxylic acids is 1. The maximum atomic E-state index is 10.4. The Balaban J connectivity index is 3.54. The molecule has 0 heterocycles. The molecule has 0 aliphatic heterocycles. The Labute approximate surface area is 109 Å². The van der Waals surface area contributed by atoms with Crippen molar-refractivity contribution in [3.8, 4) is 0 Å². The first-order chi connectivity index (χ1) is 7.70. The van der Waals surface area contributed by atoms with Crippen LogP contribution in [0.5, 0.6) is 0 Å². The molecule has 96 valence electrons. The summed E-state index contributed by atoms with van der Waals surface area (Å²) >= 11 is 6.22. The SMILES string of the molecule is CCSC(CCCCS)CCCCC(=O)O. The quantitative estimate of drug-likeness (QED) is 0.439. The smallest absolute Gasteiger partial charge is 0.303 e. The van der Waals surface area contributed by atoms with Crippen molar-refractivity contribution >= 4 is 30.4 Å². The highest BCUT2D eigenvalue weighted by atomic mass is 32.2. The van der Waals surface area contributed by atoms with Crippen LogP contribution in [0.1, 0.15) is 51.9 Å². The summed E-state index contributed by atoms with van der Waals surface area (Å²) in [4.78, 5) is 10.4. The summed E-state index contributed by atoms with van der Waals surface area (Å²) in [5, 5.41) is 9.26. The van der Waals surface area contributed by atoms with E-state index in [-0.39, 0.29) is 0 Å². The van der Waals surface area contributed by atoms with Crippen molar-refractivity contribution in [2.75, 3.05) is 11.5 Å². The molecule has 1 N–H and O–H groups in total. The minimum atomic E-state index is -0.672. The molecule has 0 radical (unpaired) electrons. The third-order valence-corrected chi connectivity index (χ3v) is 4.10. The summed E-state index contributed by atoms with van der Waals surface area (Å²) in [5.41, 5.74) is 0. The Kier molecular flexibility index (Phi) is 11.8. The fourth-order valence-corrected chi connectivity index (χ4v) is 3.04. The van der Waals surface area contributed by atoms with E-state index in [1.165, 1.54) is 25.7 Å². The summed E-state index contributed by atoms with van der Waals surface area (Å²) in [5.74, 6) is 1.46. The van der Waals surface area contributed by atoms with Crippen LogP contribution in [-0.4, -0.2) is 27.8 Å². The minimum absolute atomic E-state index is 0.320. The number of rotatable bonds is 11. The zero-order chi connectivity index (χ0) is 12.2. The van der Waals surface area contributed by atoms with Gasteiger partial charge >= 0.3 is 5.97 Å². The molecule has 0 amide bonds. The van der Waals surface area contributed by atoms with Crippen molar-refractivity contribution in [2.24, 2.45) is 0 Å². The molecule has 1 unspecified atom stereocenters. The topological polar surface area (TPSA) is 37.3 Å². The Morgan fingerprint density at radius 2 is 1.88 bits per heavy atom. The van der Waals surface area contributed by atoms with Gasteiger partial charge in [-0.3, -0.25) is 4.79 Å². The van der Waals surface area contributed by atoms with Gasteiger partial charge in [-0.05, 0) is 37.2 Å². The molecule has 0 rings (SSSR count). The van der Waals surface area contributed by atoms with Gasteiger partial charge < -0.3 is 5.11 Å². The van der Waals surface area contributed by atoms with E-state index in [9.17, 15) is 4.79 Å². The summed E-state index contributed by atoms with van der Waals surface area (Å²) in [7, 11) is 0. The lowest BCUT2D eigenvalue weighted by Crippen LogP contribution is -2.04. The van der Waals surface area contributed by atoms with E-state index in [1.807, 2.05) is 11.8 Å². The van der Waals surface area contributed by atoms with E-state index >= 15 is 0 Å². The van der Waals surface area contributed by atoms with E-state index in [4.69, 9.17) is 5.11 Å². The Morgan fingerprint density at radius 3 is 2.38 bits per heavy atom. The molecule has 0 aromatic heterocycles. The van der Waals surface area contributed by atoms with Gasteiger partial charge in [0, 0.05) is 11.7 Å². The number of thiol groups is 1. The number of carbonyl (C=O) groups is 1. The highest BCUT2D eigenvalue weighted by Gasteiger charge is 2.08. The van der Waals surface area contributed by atoms with Crippen molar-refractivity contribution < 1.29 is 9.90 Å². The normalized spacial score (nSPS) is 12.6. The number of aliphatic carboxylic acids is 1. The average Bonchev–Trinajstić information content (AvgIpc) is 2.24. The van der Waals surface area contributed by atoms with Crippen LogP contribution in [0.25, 0.3) is 0 Å². The van der Waals surface area contributed by atoms with E-state index in [2.05, 4.69) is 19.6 Å². The van der Waals surface area contributed by atoms with E-state index in [0.29, 0.717) is 6.42 Å². The lowest BCUT2D eigenvalue weighted by Gasteiger charge is -2.15. The fraction of sp³-hybridized carbons (Fsp3) is 0.917. The second kappa shape index (κ2) is 11.6. The molecular weight excluding hydrogens is 240 g/mol. The highest BCUT2D eigenvalue weighted by molar-refractivity contribution is 7.99. The van der Waals surface area contributed by atoms with Gasteiger partial charge in [-0.25, -0.2) is 0 Å². The van der Waals surface area contributed by atoms with Gasteiger partial charge in [-0.2, -0.15) is 24.4 Å². The van der Waals surface area contributed by atoms with Crippen LogP contribution in [0.2, 0.25) is 0 Å². The number of hydrogen-bond donors (Lipinski definition) is 2. The van der Waals surface area contributed by atoms with E-state index < -0.39 is 5.97 Å². The van der Waals surface area contributed by atoms with Gasteiger partial charge in [0.15, 0.2) is 0 Å². The molecule has 1 atom stereocenters. The summed E-state index contributed by atoms with van der Waals surface area (Å²) in [6.07, 6.45) is 7.05. The van der Waals surface area contributed by atoms with Crippen molar-refractivity contribution in [3.63, 3.8) is 0 Å². The maximum Gasteiger partial charge on any atom is 0.303 e. The number of hydrogen-bond acceptors (Lipinski definition) is 3. The molecule has 0 aliphatic carbocycles. The van der Waals surface area contributed by atoms with Crippen molar-refractivity contribution in [3.05, 3.63) is 0 Å². The zero-order valence-corrected chi connectivity index (χ0v) is 11.9. The standard InChI is InChI=1S/C12H24O2S2/c1-2-16-11(8-5-6-10-15)7-3-4-9-12(13)14/h11,15H,2-10H2,1H3,(H,13,14). The largest absolute Gasteiger partial charge is 0.481 e. The Hall–Kier alpha value is 0.170. The van der Waals surface area contributed by atoms with Gasteiger partial charge in [0.2, 0.25) is 0 Å². The Morgan fingerprint density at radius 1 is 1.25 bits per heavy atom. The van der Waals surface area contributed by atoms with Crippen LogP contribution < -0.4 is 0 Å². The molecule has 0 aromatic carbocycles. The van der Waals surface area contributed by atoms with Crippen LogP contribution in [0.15, 0.2) is 0 Å². The van der Waals surface area contributed by atoms with Crippen LogP contribution in [-0.2, 0) is 4.79 Å². The molecule has 0 saturated carbocycles. The number of thioether (sulfide) groups is 1. The van der Waals surface area contributed by atoms with Crippen molar-refractivity contribution in [1.82, 2.24) is 0 Å². The second-order valence-electron chi connectivity index (χ2n) is 3.94. The Bertz CT molecular complexity index is 174. The zero-order valence-electron chi connectivity index (χ0n) is 10.2. The first-order valence-corrected chi connectivity index (χ1v) is 7.83. The maximum absolute atomic E-state index is 10.4. The summed E-state index contributed by atoms with van der Waals surface area (Å²) in [6.45, 7) is 2.19. The molecule has 0 aliphatic rings. The van der Waals surface area contributed by atoms with Crippen LogP contribution in [0, 0.1) is 0 Å². The summed E-state index contributed by atoms with van der Waals surface area (Å²) in [6, 6.07) is 0. The molecule has 0 aromatic rings. The molecule has 0 spiro atoms. The van der Waals surface area contributed by atoms with Gasteiger partial charge in [0.25, 0.3) is 0 Å². The first kappa shape index (κ1) is 16.2. The molecule has 0 bridgehead atoms. The average molecular weight is 264 g/mol. The predicted octanol–water partition coefficient (Wildman–Crippen LogP) is 3.85. The monoisotopic (exact) mass is 264 g/mol. The van der Waals surface area contributed by atoms with Crippen LogP contribution in [0.4, 0.5) is 0 Å². The third kappa shape index (κ3) is 10.7. The van der Waals surface area contributed by atoms with Crippen molar-refractivity contribution in [1.29, 1.82) is 0 Å². The molecule has 0 saturated heterocycles. The fourth-order valence-electron chi connectivity index (χ4n) is 1.68. The van der Waals surface area contributed by atoms with Crippen molar-refractivity contribution in [2.45, 2.75) is 57.1 Å². The molecule has 16 heavy (non-hydrogen) atoms. The van der Waals surface area contributed by atoms with Crippen LogP contribution in [0.3, 0.4) is 0 Å². The van der Waals surface area contributed by atoms with Gasteiger partial charge in [0.1, 0.15) is 0 Å². The lowest BCUT2D eigenvalue weighted by molar-refractivity contribution is -0.137. The van der Waals surface area contributed by atoms with Gasteiger partial charge in [-0.15, -0.1) is 0 Å². The van der Waals surface area contributed by atoms with E-state index in [0.717, 1.165) is 29.6 Å². The predicted molar refractivity (Wildman–Crippen MR) is 75.7 cm³/mol. The second-order valence-corrected chi connectivity index (χ2v) is 5.96. The third-order valence-electron chi connectivity index (χ3n) is 2.50. The van der Waals surface area contributed by atoms with Gasteiger partial charge in [-0.1, -0.05) is 19.8 Å². The lowest BCUT2D eigenvalue weighted by atomic mass is 10.1. The summed E-state index contributed by atoms with van der Waals surface area (Å²) < 4.78 is 0. The van der Waals surface area contributed by atoms with E-state index in [1.54, 1.807) is 0 Å². The molecule has 0 fully saturated rings. The highest BCUT2D eigenvalue weighted by Crippen LogP contribution is 2.23. The minimum Gasteiger partial charge on any atom is -0.481 e. The molecule has 4 heteroatoms. The molecule has 2 nitrogen and oxygen atoms in total. The first-order valence-electron chi connectivity index (χ1n) is 6.15. The number of unbranched alkanes of at least 4 members (excludes halogenated alkanes) is 2.